The SMILES string of the molecule is Cc1nc(CNC(=O)[C@H](CC2CCCC2)CN(O)C=O)c(F)c(N2C[C@@H](C)N(C)C[C@H]2C)n1. The lowest BCUT2D eigenvalue weighted by atomic mass is 9.92. The molecular formula is C23H37FN6O3. The molecule has 1 saturated heterocycles. The number of rotatable bonds is 9. The summed E-state index contributed by atoms with van der Waals surface area (Å²) in [5.41, 5.74) is 0.139. The zero-order chi connectivity index (χ0) is 24.1. The maximum atomic E-state index is 15.5. The highest BCUT2D eigenvalue weighted by molar-refractivity contribution is 5.79. The second-order valence-electron chi connectivity index (χ2n) is 9.67. The molecule has 0 bridgehead atoms. The average Bonchev–Trinajstić information content (AvgIpc) is 3.29. The number of aromatic nitrogens is 2. The minimum absolute atomic E-state index is 0.0770. The van der Waals surface area contributed by atoms with Crippen LogP contribution in [0.2, 0.25) is 0 Å². The zero-order valence-corrected chi connectivity index (χ0v) is 20.1. The molecule has 2 amide bonds. The normalized spacial score (nSPS) is 22.9. The van der Waals surface area contributed by atoms with Crippen molar-refractivity contribution in [2.75, 3.05) is 31.6 Å². The Kier molecular flexibility index (Phi) is 8.58. The van der Waals surface area contributed by atoms with Gasteiger partial charge in [-0.15, -0.1) is 0 Å². The van der Waals surface area contributed by atoms with E-state index >= 15 is 4.39 Å². The van der Waals surface area contributed by atoms with E-state index in [-0.39, 0.29) is 42.6 Å². The number of piperazine rings is 1. The van der Waals surface area contributed by atoms with Crippen molar-refractivity contribution < 1.29 is 19.2 Å². The van der Waals surface area contributed by atoms with Gasteiger partial charge in [0.2, 0.25) is 12.3 Å². The summed E-state index contributed by atoms with van der Waals surface area (Å²) in [4.78, 5) is 36.6. The molecule has 0 unspecified atom stereocenters. The van der Waals surface area contributed by atoms with Gasteiger partial charge in [-0.3, -0.25) is 19.7 Å². The van der Waals surface area contributed by atoms with Gasteiger partial charge in [-0.2, -0.15) is 0 Å². The lowest BCUT2D eigenvalue weighted by Crippen LogP contribution is -2.55. The molecule has 3 rings (SSSR count). The van der Waals surface area contributed by atoms with Crippen LogP contribution in [0.15, 0.2) is 0 Å². The predicted molar refractivity (Wildman–Crippen MR) is 122 cm³/mol. The van der Waals surface area contributed by atoms with Crippen LogP contribution in [0.3, 0.4) is 0 Å². The molecule has 10 heteroatoms. The number of hydrogen-bond donors (Lipinski definition) is 2. The van der Waals surface area contributed by atoms with Crippen molar-refractivity contribution in [1.29, 1.82) is 0 Å². The van der Waals surface area contributed by atoms with Gasteiger partial charge in [-0.05, 0) is 40.2 Å². The molecule has 2 N–H and O–H groups in total. The van der Waals surface area contributed by atoms with Gasteiger partial charge >= 0.3 is 0 Å². The van der Waals surface area contributed by atoms with Crippen molar-refractivity contribution in [3.63, 3.8) is 0 Å². The van der Waals surface area contributed by atoms with E-state index in [1.165, 1.54) is 0 Å². The lowest BCUT2D eigenvalue weighted by Gasteiger charge is -2.43. The Hall–Kier alpha value is -2.33. The van der Waals surface area contributed by atoms with Gasteiger partial charge in [-0.25, -0.2) is 19.4 Å². The fourth-order valence-electron chi connectivity index (χ4n) is 5.00. The van der Waals surface area contributed by atoms with E-state index < -0.39 is 11.7 Å². The molecule has 2 fully saturated rings. The van der Waals surface area contributed by atoms with Crippen LogP contribution in [-0.4, -0.2) is 76.2 Å². The fraction of sp³-hybridized carbons (Fsp3) is 0.739. The van der Waals surface area contributed by atoms with Crippen LogP contribution in [-0.2, 0) is 16.1 Å². The second kappa shape index (κ2) is 11.2. The van der Waals surface area contributed by atoms with Crippen molar-refractivity contribution in [2.24, 2.45) is 11.8 Å². The molecule has 33 heavy (non-hydrogen) atoms. The fourth-order valence-corrected chi connectivity index (χ4v) is 5.00. The van der Waals surface area contributed by atoms with Crippen molar-refractivity contribution in [1.82, 2.24) is 25.2 Å². The molecule has 1 aromatic rings. The number of carbonyl (C=O) groups is 2. The molecular weight excluding hydrogens is 427 g/mol. The number of carbonyl (C=O) groups excluding carboxylic acids is 2. The number of hydroxylamine groups is 2. The summed E-state index contributed by atoms with van der Waals surface area (Å²) in [6.45, 7) is 7.15. The first kappa shape index (κ1) is 25.3. The highest BCUT2D eigenvalue weighted by atomic mass is 19.1. The largest absolute Gasteiger partial charge is 0.350 e. The number of amides is 2. The van der Waals surface area contributed by atoms with Gasteiger partial charge in [0.05, 0.1) is 19.0 Å². The summed E-state index contributed by atoms with van der Waals surface area (Å²) in [5.74, 6) is -0.294. The maximum absolute atomic E-state index is 15.5. The zero-order valence-electron chi connectivity index (χ0n) is 20.1. The Morgan fingerprint density at radius 1 is 1.27 bits per heavy atom. The molecule has 0 radical (unpaired) electrons. The van der Waals surface area contributed by atoms with Crippen LogP contribution in [0.5, 0.6) is 0 Å². The van der Waals surface area contributed by atoms with Gasteiger partial charge < -0.3 is 10.2 Å². The molecule has 1 saturated carbocycles. The predicted octanol–water partition coefficient (Wildman–Crippen LogP) is 2.11. The molecule has 184 valence electrons. The summed E-state index contributed by atoms with van der Waals surface area (Å²) >= 11 is 0. The summed E-state index contributed by atoms with van der Waals surface area (Å²) in [6.07, 6.45) is 5.24. The molecule has 2 heterocycles. The average molecular weight is 465 g/mol. The third-order valence-corrected chi connectivity index (χ3v) is 7.01. The first-order valence-corrected chi connectivity index (χ1v) is 11.9. The highest BCUT2D eigenvalue weighted by Gasteiger charge is 2.31. The maximum Gasteiger partial charge on any atom is 0.233 e. The third-order valence-electron chi connectivity index (χ3n) is 7.01. The van der Waals surface area contributed by atoms with E-state index in [1.807, 2.05) is 11.8 Å². The Balaban J connectivity index is 1.72. The van der Waals surface area contributed by atoms with Crippen LogP contribution in [0.4, 0.5) is 10.2 Å². The number of likely N-dealkylation sites (N-methyl/N-ethyl adjacent to an activating group) is 1. The van der Waals surface area contributed by atoms with E-state index in [0.29, 0.717) is 36.2 Å². The minimum atomic E-state index is -0.563. The molecule has 0 aromatic carbocycles. The van der Waals surface area contributed by atoms with Crippen LogP contribution in [0.1, 0.15) is 57.5 Å². The van der Waals surface area contributed by atoms with E-state index in [2.05, 4.69) is 34.2 Å². The van der Waals surface area contributed by atoms with E-state index in [4.69, 9.17) is 0 Å². The van der Waals surface area contributed by atoms with Gasteiger partial charge in [-0.1, -0.05) is 25.7 Å². The Bertz CT molecular complexity index is 835. The summed E-state index contributed by atoms with van der Waals surface area (Å²) in [5, 5.41) is 12.9. The van der Waals surface area contributed by atoms with Crippen molar-refractivity contribution >= 4 is 18.1 Å². The summed E-state index contributed by atoms with van der Waals surface area (Å²) in [7, 11) is 2.06. The topological polar surface area (TPSA) is 102 Å². The Morgan fingerprint density at radius 3 is 2.64 bits per heavy atom. The minimum Gasteiger partial charge on any atom is -0.350 e. The quantitative estimate of drug-likeness (QED) is 0.328. The van der Waals surface area contributed by atoms with Crippen molar-refractivity contribution in [3.8, 4) is 0 Å². The number of halogens is 1. The van der Waals surface area contributed by atoms with Crippen LogP contribution >= 0.6 is 0 Å². The Labute approximate surface area is 195 Å². The molecule has 3 atom stereocenters. The molecule has 1 aliphatic heterocycles. The van der Waals surface area contributed by atoms with E-state index in [0.717, 1.165) is 32.2 Å². The lowest BCUT2D eigenvalue weighted by molar-refractivity contribution is -0.155. The van der Waals surface area contributed by atoms with Crippen molar-refractivity contribution in [3.05, 3.63) is 17.3 Å². The molecule has 9 nitrogen and oxygen atoms in total. The molecule has 2 aliphatic rings. The van der Waals surface area contributed by atoms with Crippen LogP contribution < -0.4 is 10.2 Å². The van der Waals surface area contributed by atoms with Crippen LogP contribution in [0, 0.1) is 24.6 Å². The standard InChI is InChI=1S/C23H37FN6O3/c1-15-12-30(16(2)11-28(15)4)22-21(24)20(26-17(3)27-22)10-25-23(32)19(13-29(33)14-31)9-18-7-5-6-8-18/h14-16,18-19,33H,5-13H2,1-4H3,(H,25,32)/t15-,16-,19-/m1/s1. The third kappa shape index (κ3) is 6.38. The highest BCUT2D eigenvalue weighted by Crippen LogP contribution is 2.31. The first-order chi connectivity index (χ1) is 15.7. The van der Waals surface area contributed by atoms with E-state index in [1.54, 1.807) is 6.92 Å². The molecule has 0 spiro atoms. The number of anilines is 1. The number of hydrogen-bond acceptors (Lipinski definition) is 7. The smallest absolute Gasteiger partial charge is 0.233 e. The van der Waals surface area contributed by atoms with Crippen LogP contribution in [0.25, 0.3) is 0 Å². The van der Waals surface area contributed by atoms with Gasteiger partial charge in [0, 0.05) is 25.2 Å². The number of nitrogens with zero attached hydrogens (tertiary/aromatic N) is 5. The van der Waals surface area contributed by atoms with Gasteiger partial charge in [0.15, 0.2) is 11.6 Å². The molecule has 1 aliphatic carbocycles. The second-order valence-corrected chi connectivity index (χ2v) is 9.67. The number of aryl methyl sites for hydroxylation is 1. The number of nitrogens with one attached hydrogen (secondary N) is 1. The van der Waals surface area contributed by atoms with E-state index in [9.17, 15) is 14.8 Å². The monoisotopic (exact) mass is 464 g/mol. The van der Waals surface area contributed by atoms with Gasteiger partial charge in [0.25, 0.3) is 0 Å². The Morgan fingerprint density at radius 2 is 1.97 bits per heavy atom. The molecule has 1 aromatic heterocycles. The van der Waals surface area contributed by atoms with Crippen molar-refractivity contribution in [2.45, 2.75) is 71.5 Å². The first-order valence-electron chi connectivity index (χ1n) is 11.9. The summed E-state index contributed by atoms with van der Waals surface area (Å²) < 4.78 is 15.5. The van der Waals surface area contributed by atoms with Gasteiger partial charge in [0.1, 0.15) is 11.5 Å². The summed E-state index contributed by atoms with van der Waals surface area (Å²) in [6, 6.07) is 0.349.